The quantitative estimate of drug-likeness (QED) is 0.739. The zero-order valence-electron chi connectivity index (χ0n) is 11.1. The van der Waals surface area contributed by atoms with Crippen LogP contribution in [0.4, 0.5) is 0 Å². The molecule has 1 heteroatoms. The van der Waals surface area contributed by atoms with Crippen LogP contribution in [-0.2, 0) is 0 Å². The molecule has 1 N–H and O–H groups in total. The third-order valence-electron chi connectivity index (χ3n) is 4.16. The lowest BCUT2D eigenvalue weighted by molar-refractivity contribution is 0.419. The summed E-state index contributed by atoms with van der Waals surface area (Å²) in [6.45, 7) is 1.13. The Hall–Kier alpha value is -1.08. The molecule has 96 valence electrons. The van der Waals surface area contributed by atoms with E-state index in [2.05, 4.69) is 41.7 Å². The molecule has 0 bridgehead atoms. The van der Waals surface area contributed by atoms with Gasteiger partial charge in [-0.1, -0.05) is 42.8 Å². The maximum Gasteiger partial charge on any atom is 0.00683 e. The predicted octanol–water partition coefficient (Wildman–Crippen LogP) is 4.11. The first kappa shape index (κ1) is 12.0. The average Bonchev–Trinajstić information content (AvgIpc) is 3.12. The van der Waals surface area contributed by atoms with Crippen molar-refractivity contribution >= 4 is 6.08 Å². The highest BCUT2D eigenvalue weighted by atomic mass is 14.9. The number of hydrogen-bond acceptors (Lipinski definition) is 1. The Bertz CT molecular complexity index is 413. The van der Waals surface area contributed by atoms with Crippen molar-refractivity contribution in [3.8, 4) is 0 Å². The first-order valence-corrected chi connectivity index (χ1v) is 7.42. The van der Waals surface area contributed by atoms with Gasteiger partial charge in [0.15, 0.2) is 0 Å². The lowest BCUT2D eigenvalue weighted by Crippen LogP contribution is -2.16. The Kier molecular flexibility index (Phi) is 3.80. The molecule has 1 aromatic carbocycles. The van der Waals surface area contributed by atoms with Crippen LogP contribution in [0.2, 0.25) is 0 Å². The maximum atomic E-state index is 3.55. The average molecular weight is 241 g/mol. The molecule has 2 aliphatic rings. The minimum Gasteiger partial charge on any atom is -0.314 e. The van der Waals surface area contributed by atoms with Gasteiger partial charge in [0.05, 0.1) is 0 Å². The molecule has 2 saturated carbocycles. The molecule has 0 spiro atoms. The fourth-order valence-corrected chi connectivity index (χ4v) is 2.62. The van der Waals surface area contributed by atoms with Gasteiger partial charge in [-0.15, -0.1) is 0 Å². The van der Waals surface area contributed by atoms with Crippen LogP contribution in [0.15, 0.2) is 30.3 Å². The highest BCUT2D eigenvalue weighted by Gasteiger charge is 2.21. The summed E-state index contributed by atoms with van der Waals surface area (Å²) in [6.07, 6.45) is 12.7. The Morgan fingerprint density at radius 1 is 1.11 bits per heavy atom. The van der Waals surface area contributed by atoms with Crippen molar-refractivity contribution in [2.24, 2.45) is 0 Å². The molecule has 0 aromatic heterocycles. The van der Waals surface area contributed by atoms with Gasteiger partial charge in [0.2, 0.25) is 0 Å². The third kappa shape index (κ3) is 3.02. The summed E-state index contributed by atoms with van der Waals surface area (Å²) in [5.41, 5.74) is 3.00. The molecule has 0 saturated heterocycles. The van der Waals surface area contributed by atoms with E-state index >= 15 is 0 Å². The molecular weight excluding hydrogens is 218 g/mol. The van der Waals surface area contributed by atoms with Gasteiger partial charge in [0, 0.05) is 6.04 Å². The standard InChI is InChI=1S/C17H23N/c1-2-10-17(15-8-5-9-15)14(6-1)7-3-4-13-18-16-11-12-16/h1-3,6-7,10,15-16,18H,4-5,8-9,11-13H2/b7-3+. The summed E-state index contributed by atoms with van der Waals surface area (Å²) in [4.78, 5) is 0. The molecule has 2 fully saturated rings. The van der Waals surface area contributed by atoms with E-state index in [1.165, 1.54) is 37.7 Å². The van der Waals surface area contributed by atoms with Gasteiger partial charge >= 0.3 is 0 Å². The highest BCUT2D eigenvalue weighted by molar-refractivity contribution is 5.55. The minimum atomic E-state index is 0.829. The Morgan fingerprint density at radius 2 is 1.94 bits per heavy atom. The van der Waals surface area contributed by atoms with Crippen LogP contribution in [0.5, 0.6) is 0 Å². The van der Waals surface area contributed by atoms with Crippen LogP contribution < -0.4 is 5.32 Å². The van der Waals surface area contributed by atoms with Gasteiger partial charge in [0.25, 0.3) is 0 Å². The van der Waals surface area contributed by atoms with E-state index < -0.39 is 0 Å². The number of hydrogen-bond donors (Lipinski definition) is 1. The van der Waals surface area contributed by atoms with Crippen LogP contribution in [0.25, 0.3) is 6.08 Å². The van der Waals surface area contributed by atoms with Crippen LogP contribution in [0, 0.1) is 0 Å². The molecule has 0 amide bonds. The van der Waals surface area contributed by atoms with E-state index in [9.17, 15) is 0 Å². The van der Waals surface area contributed by atoms with Gasteiger partial charge < -0.3 is 5.32 Å². The van der Waals surface area contributed by atoms with Crippen LogP contribution >= 0.6 is 0 Å². The van der Waals surface area contributed by atoms with Crippen molar-refractivity contribution in [3.05, 3.63) is 41.5 Å². The summed E-state index contributed by atoms with van der Waals surface area (Å²) in [5.74, 6) is 0.829. The fraction of sp³-hybridized carbons (Fsp3) is 0.529. The topological polar surface area (TPSA) is 12.0 Å². The molecule has 0 atom stereocenters. The number of rotatable bonds is 6. The smallest absolute Gasteiger partial charge is 0.00683 e. The Balaban J connectivity index is 1.54. The summed E-state index contributed by atoms with van der Waals surface area (Å²) < 4.78 is 0. The predicted molar refractivity (Wildman–Crippen MR) is 77.7 cm³/mol. The largest absolute Gasteiger partial charge is 0.314 e. The molecule has 1 nitrogen and oxygen atoms in total. The maximum absolute atomic E-state index is 3.55. The molecule has 2 aliphatic carbocycles. The molecule has 3 rings (SSSR count). The monoisotopic (exact) mass is 241 g/mol. The van der Waals surface area contributed by atoms with E-state index in [-0.39, 0.29) is 0 Å². The Labute approximate surface area is 110 Å². The zero-order valence-corrected chi connectivity index (χ0v) is 11.1. The second kappa shape index (κ2) is 5.71. The van der Waals surface area contributed by atoms with Crippen molar-refractivity contribution in [2.75, 3.05) is 6.54 Å². The lowest BCUT2D eigenvalue weighted by Gasteiger charge is -2.27. The van der Waals surface area contributed by atoms with E-state index in [4.69, 9.17) is 0 Å². The van der Waals surface area contributed by atoms with Crippen molar-refractivity contribution in [1.82, 2.24) is 5.32 Å². The van der Waals surface area contributed by atoms with Crippen molar-refractivity contribution in [3.63, 3.8) is 0 Å². The molecular formula is C17H23N. The van der Waals surface area contributed by atoms with Crippen LogP contribution in [-0.4, -0.2) is 12.6 Å². The highest BCUT2D eigenvalue weighted by Crippen LogP contribution is 2.38. The molecule has 0 unspecified atom stereocenters. The molecule has 1 aromatic rings. The van der Waals surface area contributed by atoms with Crippen molar-refractivity contribution in [1.29, 1.82) is 0 Å². The first-order valence-electron chi connectivity index (χ1n) is 7.42. The molecule has 18 heavy (non-hydrogen) atoms. The molecule has 0 radical (unpaired) electrons. The van der Waals surface area contributed by atoms with Gasteiger partial charge in [-0.3, -0.25) is 0 Å². The van der Waals surface area contributed by atoms with Gasteiger partial charge in [-0.2, -0.15) is 0 Å². The number of nitrogens with one attached hydrogen (secondary N) is 1. The SMILES string of the molecule is C(=C\c1ccccc1C1CCC1)/CCNC1CC1. The molecule has 0 aliphatic heterocycles. The number of benzene rings is 1. The van der Waals surface area contributed by atoms with E-state index in [0.29, 0.717) is 0 Å². The summed E-state index contributed by atoms with van der Waals surface area (Å²) >= 11 is 0. The van der Waals surface area contributed by atoms with Crippen LogP contribution in [0.3, 0.4) is 0 Å². The van der Waals surface area contributed by atoms with Crippen molar-refractivity contribution < 1.29 is 0 Å². The van der Waals surface area contributed by atoms with Crippen molar-refractivity contribution in [2.45, 2.75) is 50.5 Å². The van der Waals surface area contributed by atoms with E-state index in [1.54, 1.807) is 5.56 Å². The summed E-state index contributed by atoms with van der Waals surface area (Å²) in [5, 5.41) is 3.55. The van der Waals surface area contributed by atoms with E-state index in [0.717, 1.165) is 24.9 Å². The van der Waals surface area contributed by atoms with Gasteiger partial charge in [-0.05, 0) is 55.7 Å². The first-order chi connectivity index (χ1) is 8.93. The molecule has 0 heterocycles. The Morgan fingerprint density at radius 3 is 2.67 bits per heavy atom. The zero-order chi connectivity index (χ0) is 12.2. The summed E-state index contributed by atoms with van der Waals surface area (Å²) in [7, 11) is 0. The summed E-state index contributed by atoms with van der Waals surface area (Å²) in [6, 6.07) is 9.75. The third-order valence-corrected chi connectivity index (χ3v) is 4.16. The normalized spacial score (nSPS) is 20.2. The second-order valence-corrected chi connectivity index (χ2v) is 5.68. The van der Waals surface area contributed by atoms with Crippen LogP contribution in [0.1, 0.15) is 55.6 Å². The van der Waals surface area contributed by atoms with E-state index in [1.807, 2.05) is 0 Å². The fourth-order valence-electron chi connectivity index (χ4n) is 2.62. The second-order valence-electron chi connectivity index (χ2n) is 5.68. The lowest BCUT2D eigenvalue weighted by atomic mass is 9.78. The van der Waals surface area contributed by atoms with Gasteiger partial charge in [-0.25, -0.2) is 0 Å². The van der Waals surface area contributed by atoms with Gasteiger partial charge in [0.1, 0.15) is 0 Å². The minimum absolute atomic E-state index is 0.829.